The van der Waals surface area contributed by atoms with Crippen LogP contribution in [0.4, 0.5) is 28.4 Å². The topological polar surface area (TPSA) is 6.48 Å². The maximum Gasteiger partial charge on any atom is 0.0468 e. The van der Waals surface area contributed by atoms with Crippen LogP contribution in [0.15, 0.2) is 164 Å². The van der Waals surface area contributed by atoms with Crippen molar-refractivity contribution in [2.75, 3.05) is 16.8 Å². The molecule has 7 rings (SSSR count). The van der Waals surface area contributed by atoms with Crippen LogP contribution in [0, 0.1) is 0 Å². The molecule has 0 aliphatic rings. The largest absolute Gasteiger partial charge is 0.345 e. The molecule has 0 unspecified atom stereocenters. The fraction of sp³-hybridized carbons (Fsp3) is 0.0256. The monoisotopic (exact) mass is 526 g/mol. The van der Waals surface area contributed by atoms with Crippen LogP contribution >= 0.6 is 0 Å². The molecule has 7 aromatic rings. The normalized spacial score (nSPS) is 11.0. The van der Waals surface area contributed by atoms with E-state index in [4.69, 9.17) is 0 Å². The fourth-order valence-electron chi connectivity index (χ4n) is 5.55. The third-order valence-corrected chi connectivity index (χ3v) is 7.84. The standard InChI is InChI=1S/C39H30N2/c1-40(38-25-19-29-9-5-7-11-33(29)27-38)35-21-15-31(16-22-35)32-17-23-37(24-18-32)41(36-13-3-2-4-14-36)39-26-20-30-10-6-8-12-34(30)28-39/h2-28H,1H3. The van der Waals surface area contributed by atoms with Crippen LogP contribution in [0.25, 0.3) is 32.7 Å². The second kappa shape index (κ2) is 10.7. The van der Waals surface area contributed by atoms with Crippen LogP contribution in [-0.4, -0.2) is 7.05 Å². The number of fused-ring (bicyclic) bond motifs is 2. The van der Waals surface area contributed by atoms with Crippen LogP contribution in [0.2, 0.25) is 0 Å². The smallest absolute Gasteiger partial charge is 0.0468 e. The van der Waals surface area contributed by atoms with Gasteiger partial charge in [0.25, 0.3) is 0 Å². The minimum absolute atomic E-state index is 1.13. The average molecular weight is 527 g/mol. The minimum Gasteiger partial charge on any atom is -0.345 e. The number of nitrogens with zero attached hydrogens (tertiary/aromatic N) is 2. The second-order valence-corrected chi connectivity index (χ2v) is 10.4. The van der Waals surface area contributed by atoms with Crippen molar-refractivity contribution in [2.45, 2.75) is 0 Å². The first-order valence-electron chi connectivity index (χ1n) is 14.0. The predicted octanol–water partition coefficient (Wildman–Crippen LogP) is 10.9. The molecule has 2 nitrogen and oxygen atoms in total. The Balaban J connectivity index is 1.17. The molecule has 7 aromatic carbocycles. The first kappa shape index (κ1) is 24.7. The lowest BCUT2D eigenvalue weighted by molar-refractivity contribution is 1.21. The second-order valence-electron chi connectivity index (χ2n) is 10.4. The van der Waals surface area contributed by atoms with Gasteiger partial charge in [0.2, 0.25) is 0 Å². The SMILES string of the molecule is CN(c1ccc(-c2ccc(N(c3ccccc3)c3ccc4ccccc4c3)cc2)cc1)c1ccc2ccccc2c1. The number of anilines is 5. The van der Waals surface area contributed by atoms with Crippen molar-refractivity contribution in [1.82, 2.24) is 0 Å². The molecule has 41 heavy (non-hydrogen) atoms. The Kier molecular flexibility index (Phi) is 6.42. The molecule has 0 radical (unpaired) electrons. The summed E-state index contributed by atoms with van der Waals surface area (Å²) in [6, 6.07) is 58.5. The molecule has 196 valence electrons. The van der Waals surface area contributed by atoms with E-state index in [1.54, 1.807) is 0 Å². The lowest BCUT2D eigenvalue weighted by Gasteiger charge is -2.26. The van der Waals surface area contributed by atoms with Gasteiger partial charge in [0.15, 0.2) is 0 Å². The van der Waals surface area contributed by atoms with Crippen molar-refractivity contribution in [2.24, 2.45) is 0 Å². The number of rotatable bonds is 6. The van der Waals surface area contributed by atoms with Crippen molar-refractivity contribution in [3.05, 3.63) is 164 Å². The lowest BCUT2D eigenvalue weighted by Crippen LogP contribution is -2.09. The van der Waals surface area contributed by atoms with Gasteiger partial charge in [-0.15, -0.1) is 0 Å². The Morgan fingerprint density at radius 3 is 1.32 bits per heavy atom. The molecule has 0 N–H and O–H groups in total. The van der Waals surface area contributed by atoms with Gasteiger partial charge in [0.1, 0.15) is 0 Å². The molecule has 0 saturated carbocycles. The summed E-state index contributed by atoms with van der Waals surface area (Å²) in [4.78, 5) is 4.55. The van der Waals surface area contributed by atoms with E-state index in [1.165, 1.54) is 38.4 Å². The molecule has 0 spiro atoms. The summed E-state index contributed by atoms with van der Waals surface area (Å²) in [5.41, 5.74) is 8.13. The van der Waals surface area contributed by atoms with Gasteiger partial charge in [-0.3, -0.25) is 0 Å². The highest BCUT2D eigenvalue weighted by Gasteiger charge is 2.13. The van der Waals surface area contributed by atoms with Crippen LogP contribution in [0.1, 0.15) is 0 Å². The summed E-state index contributed by atoms with van der Waals surface area (Å²) in [6.45, 7) is 0. The maximum absolute atomic E-state index is 2.32. The highest BCUT2D eigenvalue weighted by atomic mass is 15.1. The summed E-state index contributed by atoms with van der Waals surface area (Å²) in [5.74, 6) is 0. The van der Waals surface area contributed by atoms with E-state index in [-0.39, 0.29) is 0 Å². The van der Waals surface area contributed by atoms with Gasteiger partial charge < -0.3 is 9.80 Å². The zero-order chi connectivity index (χ0) is 27.6. The molecular formula is C39H30N2. The Labute approximate surface area is 241 Å². The lowest BCUT2D eigenvalue weighted by atomic mass is 10.0. The zero-order valence-corrected chi connectivity index (χ0v) is 23.0. The zero-order valence-electron chi connectivity index (χ0n) is 23.0. The van der Waals surface area contributed by atoms with E-state index < -0.39 is 0 Å². The molecule has 2 heteroatoms. The molecule has 0 aromatic heterocycles. The molecule has 0 heterocycles. The van der Waals surface area contributed by atoms with Gasteiger partial charge in [-0.2, -0.15) is 0 Å². The van der Waals surface area contributed by atoms with Gasteiger partial charge in [0.05, 0.1) is 0 Å². The van der Waals surface area contributed by atoms with E-state index in [0.717, 1.165) is 22.7 Å². The number of hydrogen-bond acceptors (Lipinski definition) is 2. The summed E-state index contributed by atoms with van der Waals surface area (Å²) in [7, 11) is 2.12. The van der Waals surface area contributed by atoms with Crippen LogP contribution in [0.3, 0.4) is 0 Å². The summed E-state index contributed by atoms with van der Waals surface area (Å²) in [6.07, 6.45) is 0. The average Bonchev–Trinajstić information content (AvgIpc) is 3.05. The molecule has 0 aliphatic carbocycles. The Hall–Kier alpha value is -5.34. The van der Waals surface area contributed by atoms with Crippen molar-refractivity contribution >= 4 is 50.0 Å². The van der Waals surface area contributed by atoms with Crippen LogP contribution in [-0.2, 0) is 0 Å². The Morgan fingerprint density at radius 1 is 0.317 bits per heavy atom. The quantitative estimate of drug-likeness (QED) is 0.213. The van der Waals surface area contributed by atoms with Gasteiger partial charge in [-0.05, 0) is 93.3 Å². The van der Waals surface area contributed by atoms with Gasteiger partial charge in [0, 0.05) is 35.5 Å². The highest BCUT2D eigenvalue weighted by Crippen LogP contribution is 2.37. The first-order chi connectivity index (χ1) is 20.2. The summed E-state index contributed by atoms with van der Waals surface area (Å²) < 4.78 is 0. The molecule has 0 aliphatic heterocycles. The fourth-order valence-corrected chi connectivity index (χ4v) is 5.55. The predicted molar refractivity (Wildman–Crippen MR) is 176 cm³/mol. The minimum atomic E-state index is 1.13. The third-order valence-electron chi connectivity index (χ3n) is 7.84. The Morgan fingerprint density at radius 2 is 0.732 bits per heavy atom. The van der Waals surface area contributed by atoms with Gasteiger partial charge in [-0.1, -0.05) is 103 Å². The van der Waals surface area contributed by atoms with E-state index in [0.29, 0.717) is 0 Å². The molecular weight excluding hydrogens is 496 g/mol. The van der Waals surface area contributed by atoms with Gasteiger partial charge >= 0.3 is 0 Å². The number of hydrogen-bond donors (Lipinski definition) is 0. The third kappa shape index (κ3) is 4.92. The van der Waals surface area contributed by atoms with E-state index >= 15 is 0 Å². The first-order valence-corrected chi connectivity index (χ1v) is 14.0. The molecule has 0 amide bonds. The van der Waals surface area contributed by atoms with E-state index in [1.807, 2.05) is 0 Å². The number of para-hydroxylation sites is 1. The van der Waals surface area contributed by atoms with Gasteiger partial charge in [-0.25, -0.2) is 0 Å². The van der Waals surface area contributed by atoms with E-state index in [2.05, 4.69) is 181 Å². The Bertz CT molecular complexity index is 1940. The maximum atomic E-state index is 2.32. The molecule has 0 fully saturated rings. The van der Waals surface area contributed by atoms with Crippen molar-refractivity contribution < 1.29 is 0 Å². The van der Waals surface area contributed by atoms with Crippen molar-refractivity contribution in [3.63, 3.8) is 0 Å². The number of benzene rings is 7. The summed E-state index contributed by atoms with van der Waals surface area (Å²) in [5, 5.41) is 4.99. The van der Waals surface area contributed by atoms with E-state index in [9.17, 15) is 0 Å². The van der Waals surface area contributed by atoms with Crippen LogP contribution in [0.5, 0.6) is 0 Å². The van der Waals surface area contributed by atoms with Crippen LogP contribution < -0.4 is 9.80 Å². The van der Waals surface area contributed by atoms with Crippen molar-refractivity contribution in [1.29, 1.82) is 0 Å². The highest BCUT2D eigenvalue weighted by molar-refractivity contribution is 5.90. The summed E-state index contributed by atoms with van der Waals surface area (Å²) >= 11 is 0. The molecule has 0 atom stereocenters. The molecule has 0 saturated heterocycles. The molecule has 0 bridgehead atoms. The van der Waals surface area contributed by atoms with Crippen molar-refractivity contribution in [3.8, 4) is 11.1 Å².